The van der Waals surface area contributed by atoms with Gasteiger partial charge in [0, 0.05) is 19.8 Å². The van der Waals surface area contributed by atoms with Crippen LogP contribution in [0.1, 0.15) is 36.9 Å². The molecule has 28 heavy (non-hydrogen) atoms. The van der Waals surface area contributed by atoms with Gasteiger partial charge in [-0.2, -0.15) is 0 Å². The molecule has 6 heteroatoms. The zero-order chi connectivity index (χ0) is 20.0. The van der Waals surface area contributed by atoms with Crippen molar-refractivity contribution in [1.29, 1.82) is 0 Å². The first-order valence-corrected chi connectivity index (χ1v) is 9.58. The molecule has 0 spiro atoms. The average molecular weight is 386 g/mol. The van der Waals surface area contributed by atoms with Crippen LogP contribution in [0.2, 0.25) is 0 Å². The topological polar surface area (TPSA) is 73.6 Å². The van der Waals surface area contributed by atoms with Gasteiger partial charge in [0.15, 0.2) is 0 Å². The number of amides is 1. The molecule has 1 atom stereocenters. The first kappa shape index (κ1) is 20.3. The standard InChI is InChI=1S/C22H27FN2O3/c1-16(25-21(26)22(15-24)10-12-27-13-11-22)18-4-8-20(9-5-18)28-14-17-2-6-19(23)7-3-17/h2-9,16H,10-15,24H2,1H3,(H,25,26). The van der Waals surface area contributed by atoms with Gasteiger partial charge in [0.05, 0.1) is 11.5 Å². The number of hydrogen-bond donors (Lipinski definition) is 2. The normalized spacial score (nSPS) is 17.0. The van der Waals surface area contributed by atoms with E-state index in [1.54, 1.807) is 12.1 Å². The molecule has 3 N–H and O–H groups in total. The highest BCUT2D eigenvalue weighted by molar-refractivity contribution is 5.83. The minimum absolute atomic E-state index is 0.0116. The van der Waals surface area contributed by atoms with Crippen molar-refractivity contribution in [3.05, 3.63) is 65.5 Å². The van der Waals surface area contributed by atoms with Crippen molar-refractivity contribution in [2.24, 2.45) is 11.1 Å². The fourth-order valence-corrected chi connectivity index (χ4v) is 3.32. The van der Waals surface area contributed by atoms with E-state index in [1.165, 1.54) is 12.1 Å². The molecular formula is C22H27FN2O3. The summed E-state index contributed by atoms with van der Waals surface area (Å²) in [6.07, 6.45) is 1.30. The minimum Gasteiger partial charge on any atom is -0.489 e. The third-order valence-corrected chi connectivity index (χ3v) is 5.37. The molecule has 2 aromatic carbocycles. The lowest BCUT2D eigenvalue weighted by molar-refractivity contribution is -0.136. The molecule has 1 heterocycles. The third kappa shape index (κ3) is 4.88. The lowest BCUT2D eigenvalue weighted by atomic mass is 9.79. The smallest absolute Gasteiger partial charge is 0.228 e. The minimum atomic E-state index is -0.537. The van der Waals surface area contributed by atoms with Gasteiger partial charge >= 0.3 is 0 Å². The Morgan fingerprint density at radius 1 is 1.18 bits per heavy atom. The summed E-state index contributed by atoms with van der Waals surface area (Å²) in [4.78, 5) is 12.8. The van der Waals surface area contributed by atoms with Gasteiger partial charge in [0.25, 0.3) is 0 Å². The monoisotopic (exact) mass is 386 g/mol. The fraction of sp³-hybridized carbons (Fsp3) is 0.409. The number of nitrogens with two attached hydrogens (primary N) is 1. The van der Waals surface area contributed by atoms with Crippen molar-refractivity contribution in [2.75, 3.05) is 19.8 Å². The highest BCUT2D eigenvalue weighted by Gasteiger charge is 2.39. The Hall–Kier alpha value is -2.44. The second-order valence-corrected chi connectivity index (χ2v) is 7.28. The fourth-order valence-electron chi connectivity index (χ4n) is 3.32. The third-order valence-electron chi connectivity index (χ3n) is 5.37. The van der Waals surface area contributed by atoms with Gasteiger partial charge in [-0.05, 0) is 55.2 Å². The summed E-state index contributed by atoms with van der Waals surface area (Å²) < 4.78 is 24.1. The second-order valence-electron chi connectivity index (χ2n) is 7.28. The maximum atomic E-state index is 12.9. The van der Waals surface area contributed by atoms with E-state index in [0.29, 0.717) is 39.2 Å². The number of ether oxygens (including phenoxy) is 2. The predicted molar refractivity (Wildman–Crippen MR) is 105 cm³/mol. The Labute approximate surface area is 165 Å². The van der Waals surface area contributed by atoms with Crippen molar-refractivity contribution >= 4 is 5.91 Å². The molecule has 1 fully saturated rings. The molecule has 150 valence electrons. The van der Waals surface area contributed by atoms with Gasteiger partial charge in [0.2, 0.25) is 5.91 Å². The number of halogens is 1. The first-order valence-electron chi connectivity index (χ1n) is 9.58. The van der Waals surface area contributed by atoms with Crippen LogP contribution >= 0.6 is 0 Å². The molecule has 1 aliphatic rings. The maximum Gasteiger partial charge on any atom is 0.228 e. The van der Waals surface area contributed by atoms with Gasteiger partial charge in [0.1, 0.15) is 18.2 Å². The molecule has 5 nitrogen and oxygen atoms in total. The van der Waals surface area contributed by atoms with Crippen molar-refractivity contribution in [3.8, 4) is 5.75 Å². The van der Waals surface area contributed by atoms with Crippen LogP contribution < -0.4 is 15.8 Å². The Kier molecular flexibility index (Phi) is 6.65. The van der Waals surface area contributed by atoms with Crippen molar-refractivity contribution in [2.45, 2.75) is 32.4 Å². The summed E-state index contributed by atoms with van der Waals surface area (Å²) in [6, 6.07) is 13.7. The van der Waals surface area contributed by atoms with Crippen molar-refractivity contribution in [1.82, 2.24) is 5.32 Å². The zero-order valence-corrected chi connectivity index (χ0v) is 16.1. The zero-order valence-electron chi connectivity index (χ0n) is 16.1. The number of hydrogen-bond acceptors (Lipinski definition) is 4. The number of benzene rings is 2. The van der Waals surface area contributed by atoms with Gasteiger partial charge in [-0.1, -0.05) is 24.3 Å². The maximum absolute atomic E-state index is 12.9. The Morgan fingerprint density at radius 3 is 2.43 bits per heavy atom. The summed E-state index contributed by atoms with van der Waals surface area (Å²) in [5.41, 5.74) is 7.26. The van der Waals surface area contributed by atoms with Crippen molar-refractivity contribution in [3.63, 3.8) is 0 Å². The van der Waals surface area contributed by atoms with E-state index in [4.69, 9.17) is 15.2 Å². The van der Waals surface area contributed by atoms with Gasteiger partial charge in [-0.3, -0.25) is 4.79 Å². The largest absolute Gasteiger partial charge is 0.489 e. The Balaban J connectivity index is 1.56. The van der Waals surface area contributed by atoms with Gasteiger partial charge < -0.3 is 20.5 Å². The van der Waals surface area contributed by atoms with E-state index in [9.17, 15) is 9.18 Å². The molecule has 3 rings (SSSR count). The Morgan fingerprint density at radius 2 is 1.82 bits per heavy atom. The lowest BCUT2D eigenvalue weighted by Gasteiger charge is -2.35. The summed E-state index contributed by atoms with van der Waals surface area (Å²) in [7, 11) is 0. The number of nitrogens with one attached hydrogen (secondary N) is 1. The van der Waals surface area contributed by atoms with Crippen LogP contribution in [0.5, 0.6) is 5.75 Å². The van der Waals surface area contributed by atoms with Crippen LogP contribution in [-0.4, -0.2) is 25.7 Å². The van der Waals surface area contributed by atoms with Crippen LogP contribution in [0.3, 0.4) is 0 Å². The van der Waals surface area contributed by atoms with Crippen LogP contribution in [0.15, 0.2) is 48.5 Å². The van der Waals surface area contributed by atoms with E-state index < -0.39 is 5.41 Å². The van der Waals surface area contributed by atoms with Crippen LogP contribution in [0, 0.1) is 11.2 Å². The van der Waals surface area contributed by atoms with E-state index in [0.717, 1.165) is 16.9 Å². The molecule has 2 aromatic rings. The highest BCUT2D eigenvalue weighted by Crippen LogP contribution is 2.30. The van der Waals surface area contributed by atoms with E-state index in [1.807, 2.05) is 31.2 Å². The van der Waals surface area contributed by atoms with Crippen LogP contribution in [-0.2, 0) is 16.1 Å². The van der Waals surface area contributed by atoms with E-state index >= 15 is 0 Å². The number of carbonyl (C=O) groups is 1. The second kappa shape index (κ2) is 9.17. The molecule has 1 saturated heterocycles. The van der Waals surface area contributed by atoms with Gasteiger partial charge in [-0.15, -0.1) is 0 Å². The molecule has 0 saturated carbocycles. The molecule has 1 unspecified atom stereocenters. The van der Waals surface area contributed by atoms with Crippen LogP contribution in [0.25, 0.3) is 0 Å². The molecular weight excluding hydrogens is 359 g/mol. The quantitative estimate of drug-likeness (QED) is 0.765. The number of carbonyl (C=O) groups excluding carboxylic acids is 1. The summed E-state index contributed by atoms with van der Waals surface area (Å²) >= 11 is 0. The number of rotatable bonds is 7. The molecule has 1 aliphatic heterocycles. The van der Waals surface area contributed by atoms with E-state index in [2.05, 4.69) is 5.32 Å². The average Bonchev–Trinajstić information content (AvgIpc) is 2.74. The Bertz CT molecular complexity index is 771. The molecule has 1 amide bonds. The summed E-state index contributed by atoms with van der Waals surface area (Å²) in [5, 5.41) is 3.09. The van der Waals surface area contributed by atoms with Gasteiger partial charge in [-0.25, -0.2) is 4.39 Å². The molecule has 0 aromatic heterocycles. The van der Waals surface area contributed by atoms with E-state index in [-0.39, 0.29) is 17.8 Å². The molecule has 0 radical (unpaired) electrons. The first-order chi connectivity index (χ1) is 13.5. The molecule has 0 aliphatic carbocycles. The van der Waals surface area contributed by atoms with Crippen molar-refractivity contribution < 1.29 is 18.7 Å². The highest BCUT2D eigenvalue weighted by atomic mass is 19.1. The lowest BCUT2D eigenvalue weighted by Crippen LogP contribution is -2.49. The van der Waals surface area contributed by atoms with Crippen LogP contribution in [0.4, 0.5) is 4.39 Å². The summed E-state index contributed by atoms with van der Waals surface area (Å²) in [5.74, 6) is 0.443. The summed E-state index contributed by atoms with van der Waals surface area (Å²) in [6.45, 7) is 3.78. The molecule has 0 bridgehead atoms. The SMILES string of the molecule is CC(NC(=O)C1(CN)CCOCC1)c1ccc(OCc2ccc(F)cc2)cc1. The predicted octanol–water partition coefficient (Wildman–Crippen LogP) is 3.34.